The van der Waals surface area contributed by atoms with Gasteiger partial charge in [-0.25, -0.2) is 0 Å². The van der Waals surface area contributed by atoms with Gasteiger partial charge >= 0.3 is 0 Å². The summed E-state index contributed by atoms with van der Waals surface area (Å²) in [6, 6.07) is 1.72. The van der Waals surface area contributed by atoms with Crippen molar-refractivity contribution >= 4 is 22.9 Å². The van der Waals surface area contributed by atoms with Gasteiger partial charge in [-0.1, -0.05) is 25.4 Å². The van der Waals surface area contributed by atoms with Gasteiger partial charge < -0.3 is 10.2 Å². The zero-order valence-corrected chi connectivity index (χ0v) is 9.14. The summed E-state index contributed by atoms with van der Waals surface area (Å²) in [5.74, 6) is 0.0215. The first kappa shape index (κ1) is 11.0. The Morgan fingerprint density at radius 2 is 2.00 bits per heavy atom. The number of halogens is 1. The molecule has 2 atom stereocenters. The molecule has 13 heavy (non-hydrogen) atoms. The van der Waals surface area contributed by atoms with Crippen LogP contribution in [0.2, 0.25) is 5.02 Å². The summed E-state index contributed by atoms with van der Waals surface area (Å²) in [7, 11) is 0. The van der Waals surface area contributed by atoms with Gasteiger partial charge in [0.2, 0.25) is 0 Å². The molecule has 0 aliphatic carbocycles. The van der Waals surface area contributed by atoms with Gasteiger partial charge in [0.1, 0.15) is 6.10 Å². The molecule has 74 valence electrons. The number of hydrogen-bond acceptors (Lipinski definition) is 3. The molecular weight excluding hydrogens is 208 g/mol. The molecule has 0 fully saturated rings. The Balaban J connectivity index is 2.79. The van der Waals surface area contributed by atoms with Crippen molar-refractivity contribution in [1.82, 2.24) is 0 Å². The second-order valence-corrected chi connectivity index (χ2v) is 4.67. The Hall–Kier alpha value is -0.0900. The first-order valence-electron chi connectivity index (χ1n) is 4.13. The molecule has 0 aliphatic rings. The first-order valence-corrected chi connectivity index (χ1v) is 5.38. The van der Waals surface area contributed by atoms with Gasteiger partial charge in [-0.3, -0.25) is 0 Å². The lowest BCUT2D eigenvalue weighted by atomic mass is 10.0. The highest BCUT2D eigenvalue weighted by atomic mass is 35.5. The number of rotatable bonds is 3. The number of thiophene rings is 1. The van der Waals surface area contributed by atoms with Gasteiger partial charge in [-0.15, -0.1) is 11.3 Å². The fourth-order valence-electron chi connectivity index (χ4n) is 1.04. The van der Waals surface area contributed by atoms with Gasteiger partial charge in [0.15, 0.2) is 0 Å². The van der Waals surface area contributed by atoms with Crippen molar-refractivity contribution in [3.8, 4) is 0 Å². The molecule has 0 bridgehead atoms. The minimum Gasteiger partial charge on any atom is -0.390 e. The van der Waals surface area contributed by atoms with Crippen molar-refractivity contribution in [1.29, 1.82) is 0 Å². The molecule has 0 saturated heterocycles. The minimum atomic E-state index is -0.868. The molecular formula is C9H13ClO2S. The summed E-state index contributed by atoms with van der Waals surface area (Å²) in [6.45, 7) is 3.71. The van der Waals surface area contributed by atoms with Crippen molar-refractivity contribution in [2.75, 3.05) is 0 Å². The summed E-state index contributed by atoms with van der Waals surface area (Å²) < 4.78 is 0. The molecule has 0 aliphatic heterocycles. The maximum atomic E-state index is 9.71. The molecule has 0 saturated carbocycles. The molecule has 0 radical (unpaired) electrons. The van der Waals surface area contributed by atoms with Crippen LogP contribution in [-0.4, -0.2) is 16.3 Å². The van der Waals surface area contributed by atoms with Crippen LogP contribution in [-0.2, 0) is 0 Å². The van der Waals surface area contributed by atoms with Crippen LogP contribution in [0.3, 0.4) is 0 Å². The van der Waals surface area contributed by atoms with E-state index in [9.17, 15) is 10.2 Å². The highest BCUT2D eigenvalue weighted by molar-refractivity contribution is 7.10. The molecule has 0 aromatic carbocycles. The Bertz CT molecular complexity index is 272. The lowest BCUT2D eigenvalue weighted by Gasteiger charge is -2.20. The van der Waals surface area contributed by atoms with Gasteiger partial charge in [0, 0.05) is 0 Å². The van der Waals surface area contributed by atoms with E-state index in [1.54, 1.807) is 11.4 Å². The van der Waals surface area contributed by atoms with Gasteiger partial charge in [0.05, 0.1) is 16.0 Å². The van der Waals surface area contributed by atoms with Crippen molar-refractivity contribution in [3.05, 3.63) is 21.3 Å². The third-order valence-corrected chi connectivity index (χ3v) is 3.35. The molecule has 2 nitrogen and oxygen atoms in total. The molecule has 1 aromatic rings. The van der Waals surface area contributed by atoms with Crippen LogP contribution >= 0.6 is 22.9 Å². The van der Waals surface area contributed by atoms with E-state index in [-0.39, 0.29) is 5.92 Å². The standard InChI is InChI=1S/C9H13ClO2S/c1-5(2)7(11)8(12)9-6(10)3-4-13-9/h3-5,7-8,11-12H,1-2H3. The smallest absolute Gasteiger partial charge is 0.116 e. The first-order chi connectivity index (χ1) is 6.04. The normalized spacial score (nSPS) is 16.2. The van der Waals surface area contributed by atoms with E-state index in [0.717, 1.165) is 0 Å². The van der Waals surface area contributed by atoms with Crippen LogP contribution in [0.15, 0.2) is 11.4 Å². The van der Waals surface area contributed by atoms with Gasteiger partial charge in [-0.05, 0) is 17.4 Å². The van der Waals surface area contributed by atoms with Crippen LogP contribution in [0.5, 0.6) is 0 Å². The summed E-state index contributed by atoms with van der Waals surface area (Å²) in [5.41, 5.74) is 0. The quantitative estimate of drug-likeness (QED) is 0.822. The van der Waals surface area contributed by atoms with Crippen molar-refractivity contribution in [2.24, 2.45) is 5.92 Å². The monoisotopic (exact) mass is 220 g/mol. The topological polar surface area (TPSA) is 40.5 Å². The Kier molecular flexibility index (Phi) is 3.74. The van der Waals surface area contributed by atoms with Crippen LogP contribution in [0.1, 0.15) is 24.8 Å². The summed E-state index contributed by atoms with van der Waals surface area (Å²) in [6.07, 6.45) is -1.62. The van der Waals surface area contributed by atoms with Crippen LogP contribution in [0.25, 0.3) is 0 Å². The van der Waals surface area contributed by atoms with E-state index in [2.05, 4.69) is 0 Å². The predicted molar refractivity (Wildman–Crippen MR) is 55.1 cm³/mol. The highest BCUT2D eigenvalue weighted by Crippen LogP contribution is 2.32. The van der Waals surface area contributed by atoms with E-state index in [4.69, 9.17) is 11.6 Å². The van der Waals surface area contributed by atoms with E-state index in [1.165, 1.54) is 11.3 Å². The van der Waals surface area contributed by atoms with Gasteiger partial charge in [0.25, 0.3) is 0 Å². The molecule has 1 aromatic heterocycles. The zero-order chi connectivity index (χ0) is 10.0. The number of hydrogen-bond donors (Lipinski definition) is 2. The fourth-order valence-corrected chi connectivity index (χ4v) is 2.23. The van der Waals surface area contributed by atoms with E-state index < -0.39 is 12.2 Å². The summed E-state index contributed by atoms with van der Waals surface area (Å²) in [5, 5.41) is 21.6. The van der Waals surface area contributed by atoms with Crippen molar-refractivity contribution in [2.45, 2.75) is 26.1 Å². The molecule has 4 heteroatoms. The van der Waals surface area contributed by atoms with E-state index >= 15 is 0 Å². The average molecular weight is 221 g/mol. The molecule has 0 spiro atoms. The van der Waals surface area contributed by atoms with Crippen LogP contribution in [0.4, 0.5) is 0 Å². The van der Waals surface area contributed by atoms with Gasteiger partial charge in [-0.2, -0.15) is 0 Å². The number of aliphatic hydroxyl groups is 2. The van der Waals surface area contributed by atoms with Crippen molar-refractivity contribution in [3.63, 3.8) is 0 Å². The van der Waals surface area contributed by atoms with E-state index in [1.807, 2.05) is 13.8 Å². The minimum absolute atomic E-state index is 0.0215. The molecule has 0 amide bonds. The van der Waals surface area contributed by atoms with Crippen LogP contribution < -0.4 is 0 Å². The average Bonchev–Trinajstić information content (AvgIpc) is 2.48. The van der Waals surface area contributed by atoms with Crippen LogP contribution in [0, 0.1) is 5.92 Å². The summed E-state index contributed by atoms with van der Waals surface area (Å²) in [4.78, 5) is 0.642. The van der Waals surface area contributed by atoms with E-state index in [0.29, 0.717) is 9.90 Å². The fraction of sp³-hybridized carbons (Fsp3) is 0.556. The lowest BCUT2D eigenvalue weighted by molar-refractivity contribution is -0.00740. The zero-order valence-electron chi connectivity index (χ0n) is 7.57. The predicted octanol–water partition coefficient (Wildman–Crippen LogP) is 2.45. The SMILES string of the molecule is CC(C)C(O)C(O)c1sccc1Cl. The maximum Gasteiger partial charge on any atom is 0.116 e. The second kappa shape index (κ2) is 4.42. The largest absolute Gasteiger partial charge is 0.390 e. The Labute approximate surface area is 86.8 Å². The highest BCUT2D eigenvalue weighted by Gasteiger charge is 2.24. The second-order valence-electron chi connectivity index (χ2n) is 3.31. The third-order valence-electron chi connectivity index (χ3n) is 1.92. The Morgan fingerprint density at radius 1 is 1.38 bits per heavy atom. The Morgan fingerprint density at radius 3 is 2.38 bits per heavy atom. The number of aliphatic hydroxyl groups excluding tert-OH is 2. The molecule has 2 N–H and O–H groups in total. The molecule has 1 heterocycles. The molecule has 1 rings (SSSR count). The maximum absolute atomic E-state index is 9.71. The lowest BCUT2D eigenvalue weighted by Crippen LogP contribution is -2.23. The third kappa shape index (κ3) is 2.44. The summed E-state index contributed by atoms with van der Waals surface area (Å²) >= 11 is 7.18. The molecule has 2 unspecified atom stereocenters. The van der Waals surface area contributed by atoms with Crippen molar-refractivity contribution < 1.29 is 10.2 Å².